The summed E-state index contributed by atoms with van der Waals surface area (Å²) < 4.78 is 12.8. The van der Waals surface area contributed by atoms with Crippen LogP contribution < -0.4 is 0 Å². The Bertz CT molecular complexity index is 1890. The first-order valence-electron chi connectivity index (χ1n) is 11.3. The number of carbonyl (C=O) groups is 2. The van der Waals surface area contributed by atoms with E-state index in [9.17, 15) is 19.8 Å². The summed E-state index contributed by atoms with van der Waals surface area (Å²) in [7, 11) is 2.54. The minimum atomic E-state index is -0.568. The fraction of sp³-hybridized carbons (Fsp3) is 0.0769. The maximum Gasteiger partial charge on any atom is 0.351 e. The topological polar surface area (TPSA) is 129 Å². The normalized spacial score (nSPS) is 10.9. The summed E-state index contributed by atoms with van der Waals surface area (Å²) in [5.41, 5.74) is 3.16. The Morgan fingerprint density at radius 3 is 1.80 bits per heavy atom. The molecule has 10 nitrogen and oxygen atoms in total. The predicted molar refractivity (Wildman–Crippen MR) is 154 cm³/mol. The van der Waals surface area contributed by atoms with Crippen molar-refractivity contribution in [1.29, 1.82) is 0 Å². The zero-order valence-corrected chi connectivity index (χ0v) is 23.8. The summed E-state index contributed by atoms with van der Waals surface area (Å²) in [6, 6.07) is 13.7. The van der Waals surface area contributed by atoms with Gasteiger partial charge in [0.25, 0.3) is 0 Å². The molecule has 0 radical (unpaired) electrons. The molecule has 4 heterocycles. The van der Waals surface area contributed by atoms with Crippen LogP contribution in [0.5, 0.6) is 11.5 Å². The van der Waals surface area contributed by atoms with Gasteiger partial charge in [0.05, 0.1) is 36.3 Å². The first-order valence-corrected chi connectivity index (χ1v) is 13.7. The molecule has 0 bridgehead atoms. The maximum absolute atomic E-state index is 11.5. The lowest BCUT2D eigenvalue weighted by Crippen LogP contribution is -1.97. The van der Waals surface area contributed by atoms with Gasteiger partial charge in [0.1, 0.15) is 34.2 Å². The van der Waals surface area contributed by atoms with Gasteiger partial charge in [-0.2, -0.15) is 0 Å². The van der Waals surface area contributed by atoms with Crippen LogP contribution in [0, 0.1) is 0 Å². The van der Waals surface area contributed by atoms with Gasteiger partial charge < -0.3 is 19.7 Å². The molecule has 40 heavy (non-hydrogen) atoms. The summed E-state index contributed by atoms with van der Waals surface area (Å²) in [6.45, 7) is 0. The second-order valence-corrected chi connectivity index (χ2v) is 11.0. The van der Waals surface area contributed by atoms with Crippen molar-refractivity contribution in [3.05, 3.63) is 81.0 Å². The van der Waals surface area contributed by atoms with E-state index in [4.69, 9.17) is 23.2 Å². The number of benzene rings is 2. The van der Waals surface area contributed by atoms with E-state index < -0.39 is 11.9 Å². The maximum atomic E-state index is 11.5. The fourth-order valence-electron chi connectivity index (χ4n) is 3.77. The van der Waals surface area contributed by atoms with Gasteiger partial charge in [-0.1, -0.05) is 23.2 Å². The Kier molecular flexibility index (Phi) is 7.68. The molecule has 0 saturated carbocycles. The largest absolute Gasteiger partial charge is 0.506 e. The quantitative estimate of drug-likeness (QED) is 0.216. The standard InChI is InChI=1S/2C13H9ClN2O3S/c1-19-13(18)12-10(17)5-11(20-12)16-6-15-8-4-7(14)2-3-9(8)16;1-19-13(18)12-10(17)5-11(20-12)16-6-15-8-3-2-7(14)4-9(8)16/h2*2-6,17H,1H3. The second kappa shape index (κ2) is 11.2. The molecule has 2 aromatic carbocycles. The average Bonchev–Trinajstić information content (AvgIpc) is 3.72. The molecule has 0 saturated heterocycles. The molecule has 4 aromatic heterocycles. The third-order valence-corrected chi connectivity index (χ3v) is 8.31. The van der Waals surface area contributed by atoms with Crippen molar-refractivity contribution in [3.8, 4) is 21.5 Å². The second-order valence-electron chi connectivity index (χ2n) is 8.08. The fourth-order valence-corrected chi connectivity index (χ4v) is 6.01. The molecule has 0 fully saturated rings. The molecule has 0 amide bonds. The van der Waals surface area contributed by atoms with E-state index in [-0.39, 0.29) is 21.3 Å². The number of carbonyl (C=O) groups excluding carboxylic acids is 2. The number of nitrogens with zero attached hydrogens (tertiary/aromatic N) is 4. The Balaban J connectivity index is 0.000000161. The summed E-state index contributed by atoms with van der Waals surface area (Å²) in [4.78, 5) is 31.9. The number of halogens is 2. The van der Waals surface area contributed by atoms with E-state index in [1.54, 1.807) is 46.1 Å². The van der Waals surface area contributed by atoms with E-state index >= 15 is 0 Å². The number of rotatable bonds is 4. The van der Waals surface area contributed by atoms with Crippen LogP contribution in [-0.4, -0.2) is 55.5 Å². The molecular weight excluding hydrogens is 599 g/mol. The van der Waals surface area contributed by atoms with Gasteiger partial charge >= 0.3 is 11.9 Å². The molecule has 14 heteroatoms. The minimum absolute atomic E-state index is 0.104. The zero-order valence-electron chi connectivity index (χ0n) is 20.7. The lowest BCUT2D eigenvalue weighted by Gasteiger charge is -1.99. The van der Waals surface area contributed by atoms with Gasteiger partial charge in [-0.05, 0) is 36.4 Å². The Hall–Kier alpha value is -4.10. The summed E-state index contributed by atoms with van der Waals surface area (Å²) >= 11 is 14.2. The van der Waals surface area contributed by atoms with Gasteiger partial charge in [0, 0.05) is 22.2 Å². The van der Waals surface area contributed by atoms with Crippen molar-refractivity contribution in [2.24, 2.45) is 0 Å². The van der Waals surface area contributed by atoms with Gasteiger partial charge in [-0.15, -0.1) is 22.7 Å². The Morgan fingerprint density at radius 1 is 0.725 bits per heavy atom. The first kappa shape index (κ1) is 27.5. The molecule has 0 atom stereocenters. The van der Waals surface area contributed by atoms with E-state index in [1.165, 1.54) is 26.4 Å². The van der Waals surface area contributed by atoms with E-state index in [1.807, 2.05) is 12.1 Å². The van der Waals surface area contributed by atoms with Crippen molar-refractivity contribution in [2.45, 2.75) is 0 Å². The third-order valence-electron chi connectivity index (χ3n) is 5.63. The molecule has 2 N–H and O–H groups in total. The van der Waals surface area contributed by atoms with Gasteiger partial charge in [-0.3, -0.25) is 9.13 Å². The number of imidazole rings is 2. The molecular formula is C26H18Cl2N4O6S2. The molecule has 6 rings (SSSR count). The lowest BCUT2D eigenvalue weighted by atomic mass is 10.3. The number of methoxy groups -OCH3 is 2. The summed E-state index contributed by atoms with van der Waals surface area (Å²) in [6.07, 6.45) is 3.24. The van der Waals surface area contributed by atoms with Crippen LogP contribution >= 0.6 is 45.9 Å². The van der Waals surface area contributed by atoms with Crippen LogP contribution in [-0.2, 0) is 9.47 Å². The van der Waals surface area contributed by atoms with Crippen LogP contribution in [0.15, 0.2) is 61.2 Å². The number of hydrogen-bond donors (Lipinski definition) is 2. The number of aromatic nitrogens is 4. The Morgan fingerprint density at radius 2 is 1.23 bits per heavy atom. The number of aromatic hydroxyl groups is 2. The molecule has 0 unspecified atom stereocenters. The number of ether oxygens (including phenoxy) is 2. The van der Waals surface area contributed by atoms with E-state index in [0.29, 0.717) is 20.0 Å². The summed E-state index contributed by atoms with van der Waals surface area (Å²) in [5, 5.41) is 22.1. The molecule has 0 spiro atoms. The number of esters is 2. The van der Waals surface area contributed by atoms with Crippen molar-refractivity contribution in [3.63, 3.8) is 0 Å². The molecule has 0 aliphatic carbocycles. The van der Waals surface area contributed by atoms with Crippen molar-refractivity contribution >= 4 is 79.9 Å². The molecule has 0 aliphatic rings. The highest BCUT2D eigenvalue weighted by molar-refractivity contribution is 7.17. The van der Waals surface area contributed by atoms with Crippen LogP contribution in [0.1, 0.15) is 19.3 Å². The highest BCUT2D eigenvalue weighted by atomic mass is 35.5. The predicted octanol–water partition coefficient (Wildman–Crippen LogP) is 6.47. The molecule has 6 aromatic rings. The van der Waals surface area contributed by atoms with Crippen molar-refractivity contribution < 1.29 is 29.3 Å². The number of hydrogen-bond acceptors (Lipinski definition) is 10. The van der Waals surface area contributed by atoms with Crippen LogP contribution in [0.25, 0.3) is 32.1 Å². The van der Waals surface area contributed by atoms with Crippen LogP contribution in [0.4, 0.5) is 0 Å². The van der Waals surface area contributed by atoms with Gasteiger partial charge in [0.15, 0.2) is 9.75 Å². The molecule has 0 aliphatic heterocycles. The zero-order chi connectivity index (χ0) is 28.6. The smallest absolute Gasteiger partial charge is 0.351 e. The van der Waals surface area contributed by atoms with Crippen molar-refractivity contribution in [1.82, 2.24) is 19.1 Å². The lowest BCUT2D eigenvalue weighted by molar-refractivity contribution is 0.0594. The number of fused-ring (bicyclic) bond motifs is 2. The van der Waals surface area contributed by atoms with Crippen LogP contribution in [0.2, 0.25) is 10.0 Å². The van der Waals surface area contributed by atoms with Gasteiger partial charge in [-0.25, -0.2) is 19.6 Å². The Labute approximate surface area is 244 Å². The average molecular weight is 617 g/mol. The van der Waals surface area contributed by atoms with E-state index in [0.717, 1.165) is 44.7 Å². The SMILES string of the molecule is COC(=O)c1sc(-n2cnc3cc(Cl)ccc32)cc1O.COC(=O)c1sc(-n2cnc3ccc(Cl)cc32)cc1O. The summed E-state index contributed by atoms with van der Waals surface area (Å²) in [5.74, 6) is -1.35. The molecule has 204 valence electrons. The highest BCUT2D eigenvalue weighted by Crippen LogP contribution is 2.35. The highest BCUT2D eigenvalue weighted by Gasteiger charge is 2.19. The van der Waals surface area contributed by atoms with Crippen LogP contribution in [0.3, 0.4) is 0 Å². The number of thiophene rings is 2. The first-order chi connectivity index (χ1) is 19.2. The van der Waals surface area contributed by atoms with Gasteiger partial charge in [0.2, 0.25) is 0 Å². The van der Waals surface area contributed by atoms with E-state index in [2.05, 4.69) is 19.4 Å². The minimum Gasteiger partial charge on any atom is -0.506 e. The van der Waals surface area contributed by atoms with Crippen molar-refractivity contribution in [2.75, 3.05) is 14.2 Å². The monoisotopic (exact) mass is 616 g/mol. The third kappa shape index (κ3) is 5.21.